The molecule has 0 aromatic carbocycles. The fourth-order valence-electron chi connectivity index (χ4n) is 0.799. The van der Waals surface area contributed by atoms with Gasteiger partial charge in [0.1, 0.15) is 5.69 Å². The zero-order valence-electron chi connectivity index (χ0n) is 8.11. The first-order chi connectivity index (χ1) is 7.36. The van der Waals surface area contributed by atoms with Crippen LogP contribution in [0.1, 0.15) is 6.92 Å². The van der Waals surface area contributed by atoms with Crippen molar-refractivity contribution in [3.63, 3.8) is 0 Å². The van der Waals surface area contributed by atoms with Gasteiger partial charge in [0.25, 0.3) is 0 Å². The lowest BCUT2D eigenvalue weighted by molar-refractivity contribution is 0.515. The van der Waals surface area contributed by atoms with E-state index in [1.165, 1.54) is 6.07 Å². The van der Waals surface area contributed by atoms with Crippen LogP contribution in [0, 0.1) is 23.2 Å². The molecule has 1 aromatic rings. The largest absolute Gasteiger partial charge is 0.278 e. The van der Waals surface area contributed by atoms with E-state index >= 15 is 0 Å². The normalized spacial score (nSPS) is 12.9. The molecule has 0 bridgehead atoms. The second-order valence-electron chi connectivity index (χ2n) is 2.89. The third kappa shape index (κ3) is 2.64. The van der Waals surface area contributed by atoms with Gasteiger partial charge in [-0.1, -0.05) is 0 Å². The molecule has 1 heterocycles. The molecule has 1 rings (SSSR count). The van der Waals surface area contributed by atoms with E-state index in [0.29, 0.717) is 0 Å². The second kappa shape index (κ2) is 4.40. The van der Waals surface area contributed by atoms with E-state index in [4.69, 9.17) is 5.26 Å². The molecule has 16 heavy (non-hydrogen) atoms. The molecule has 0 amide bonds. The molecule has 0 saturated carbocycles. The Kier molecular flexibility index (Phi) is 3.39. The Bertz CT molecular complexity index is 539. The first kappa shape index (κ1) is 12.3. The van der Waals surface area contributed by atoms with E-state index in [-0.39, 0.29) is 0 Å². The van der Waals surface area contributed by atoms with Crippen molar-refractivity contribution in [2.24, 2.45) is 0 Å². The quantitative estimate of drug-likeness (QED) is 0.808. The SMILES string of the molecule is CC(C#N)S(=O)(=O)Nc1ccc(F)nc1F. The van der Waals surface area contributed by atoms with Gasteiger partial charge in [0.15, 0.2) is 5.25 Å². The molecular weight excluding hydrogens is 240 g/mol. The predicted molar refractivity (Wildman–Crippen MR) is 51.8 cm³/mol. The average Bonchev–Trinajstić information content (AvgIpc) is 2.21. The minimum absolute atomic E-state index is 0.497. The van der Waals surface area contributed by atoms with Crippen LogP contribution in [0.5, 0.6) is 0 Å². The topological polar surface area (TPSA) is 82.8 Å². The molecule has 0 fully saturated rings. The van der Waals surface area contributed by atoms with E-state index in [0.717, 1.165) is 19.1 Å². The molecule has 8 heteroatoms. The van der Waals surface area contributed by atoms with Gasteiger partial charge < -0.3 is 0 Å². The summed E-state index contributed by atoms with van der Waals surface area (Å²) in [5.41, 5.74) is -0.497. The van der Waals surface area contributed by atoms with E-state index < -0.39 is 32.9 Å². The molecule has 1 N–H and O–H groups in total. The van der Waals surface area contributed by atoms with Crippen molar-refractivity contribution < 1.29 is 17.2 Å². The van der Waals surface area contributed by atoms with E-state index in [1.807, 2.05) is 4.72 Å². The lowest BCUT2D eigenvalue weighted by Gasteiger charge is -2.09. The first-order valence-electron chi connectivity index (χ1n) is 4.10. The van der Waals surface area contributed by atoms with Crippen LogP contribution in [0.15, 0.2) is 12.1 Å². The molecule has 0 aliphatic rings. The van der Waals surface area contributed by atoms with E-state index in [9.17, 15) is 17.2 Å². The standard InChI is InChI=1S/C8H7F2N3O2S/c1-5(4-11)16(14,15)13-6-2-3-7(9)12-8(6)10/h2-3,5,13H,1H3. The Hall–Kier alpha value is -1.75. The predicted octanol–water partition coefficient (Wildman–Crippen LogP) is 1.01. The zero-order valence-corrected chi connectivity index (χ0v) is 8.92. The van der Waals surface area contributed by atoms with Crippen LogP contribution < -0.4 is 4.72 Å². The molecule has 0 spiro atoms. The maximum Gasteiger partial charge on any atom is 0.249 e. The number of sulfonamides is 1. The fourth-order valence-corrected chi connectivity index (χ4v) is 1.57. The molecule has 0 saturated heterocycles. The second-order valence-corrected chi connectivity index (χ2v) is 4.89. The molecule has 1 atom stereocenters. The molecule has 0 aliphatic heterocycles. The van der Waals surface area contributed by atoms with E-state index in [2.05, 4.69) is 4.98 Å². The van der Waals surface area contributed by atoms with Crippen molar-refractivity contribution in [3.8, 4) is 6.07 Å². The summed E-state index contributed by atoms with van der Waals surface area (Å²) in [4.78, 5) is 2.80. The summed E-state index contributed by atoms with van der Waals surface area (Å²) < 4.78 is 49.9. The van der Waals surface area contributed by atoms with Crippen molar-refractivity contribution in [1.82, 2.24) is 4.98 Å². The molecular formula is C8H7F2N3O2S. The molecule has 0 radical (unpaired) electrons. The smallest absolute Gasteiger partial charge is 0.249 e. The van der Waals surface area contributed by atoms with Crippen molar-refractivity contribution in [2.45, 2.75) is 12.2 Å². The number of halogens is 2. The van der Waals surface area contributed by atoms with Crippen molar-refractivity contribution in [3.05, 3.63) is 24.0 Å². The number of aromatic nitrogens is 1. The summed E-state index contributed by atoms with van der Waals surface area (Å²) in [5.74, 6) is -2.34. The molecule has 86 valence electrons. The summed E-state index contributed by atoms with van der Waals surface area (Å²) in [5, 5.41) is 7.07. The number of nitrogens with zero attached hydrogens (tertiary/aromatic N) is 2. The number of rotatable bonds is 3. The molecule has 0 aliphatic carbocycles. The van der Waals surface area contributed by atoms with Gasteiger partial charge in [-0.15, -0.1) is 0 Å². The van der Waals surface area contributed by atoms with Crippen LogP contribution in [0.25, 0.3) is 0 Å². The molecule has 5 nitrogen and oxygen atoms in total. The number of hydrogen-bond acceptors (Lipinski definition) is 4. The summed E-state index contributed by atoms with van der Waals surface area (Å²) in [7, 11) is -4.01. The van der Waals surface area contributed by atoms with Gasteiger partial charge >= 0.3 is 0 Å². The van der Waals surface area contributed by atoms with Crippen LogP contribution in [-0.4, -0.2) is 18.7 Å². The summed E-state index contributed by atoms with van der Waals surface area (Å²) in [6, 6.07) is 3.18. The lowest BCUT2D eigenvalue weighted by atomic mass is 10.4. The van der Waals surface area contributed by atoms with Crippen molar-refractivity contribution >= 4 is 15.7 Å². The van der Waals surface area contributed by atoms with Crippen LogP contribution >= 0.6 is 0 Å². The molecule has 1 aromatic heterocycles. The number of pyridine rings is 1. The maximum absolute atomic E-state index is 13.0. The Morgan fingerprint density at radius 3 is 2.62 bits per heavy atom. The highest BCUT2D eigenvalue weighted by molar-refractivity contribution is 7.93. The van der Waals surface area contributed by atoms with Gasteiger partial charge in [-0.25, -0.2) is 8.42 Å². The Balaban J connectivity index is 3.03. The van der Waals surface area contributed by atoms with Crippen LogP contribution in [0.4, 0.5) is 14.5 Å². The maximum atomic E-state index is 13.0. The van der Waals surface area contributed by atoms with Gasteiger partial charge in [-0.2, -0.15) is 19.0 Å². The monoisotopic (exact) mass is 247 g/mol. The summed E-state index contributed by atoms with van der Waals surface area (Å²) >= 11 is 0. The van der Waals surface area contributed by atoms with Gasteiger partial charge in [0.2, 0.25) is 21.9 Å². The Labute approximate surface area is 90.8 Å². The highest BCUT2D eigenvalue weighted by Crippen LogP contribution is 2.15. The van der Waals surface area contributed by atoms with E-state index in [1.54, 1.807) is 0 Å². The van der Waals surface area contributed by atoms with Gasteiger partial charge in [0.05, 0.1) is 6.07 Å². The summed E-state index contributed by atoms with van der Waals surface area (Å²) in [6.07, 6.45) is 0. The zero-order chi connectivity index (χ0) is 12.3. The minimum Gasteiger partial charge on any atom is -0.278 e. The van der Waals surface area contributed by atoms with Crippen LogP contribution in [-0.2, 0) is 10.0 Å². The third-order valence-corrected chi connectivity index (χ3v) is 3.25. The number of hydrogen-bond donors (Lipinski definition) is 1. The van der Waals surface area contributed by atoms with Gasteiger partial charge in [-0.3, -0.25) is 4.72 Å². The first-order valence-corrected chi connectivity index (χ1v) is 5.64. The average molecular weight is 247 g/mol. The lowest BCUT2D eigenvalue weighted by Crippen LogP contribution is -2.24. The van der Waals surface area contributed by atoms with Crippen LogP contribution in [0.2, 0.25) is 0 Å². The molecule has 1 unspecified atom stereocenters. The van der Waals surface area contributed by atoms with Crippen molar-refractivity contribution in [1.29, 1.82) is 5.26 Å². The Morgan fingerprint density at radius 1 is 1.50 bits per heavy atom. The van der Waals surface area contributed by atoms with Crippen molar-refractivity contribution in [2.75, 3.05) is 4.72 Å². The minimum atomic E-state index is -4.01. The highest BCUT2D eigenvalue weighted by atomic mass is 32.2. The van der Waals surface area contributed by atoms with Gasteiger partial charge in [-0.05, 0) is 19.1 Å². The summed E-state index contributed by atoms with van der Waals surface area (Å²) in [6.45, 7) is 1.14. The van der Waals surface area contributed by atoms with Crippen LogP contribution in [0.3, 0.4) is 0 Å². The third-order valence-electron chi connectivity index (χ3n) is 1.71. The Morgan fingerprint density at radius 2 is 2.12 bits per heavy atom. The fraction of sp³-hybridized carbons (Fsp3) is 0.250. The number of nitriles is 1. The van der Waals surface area contributed by atoms with Gasteiger partial charge in [0, 0.05) is 0 Å². The number of anilines is 1. The highest BCUT2D eigenvalue weighted by Gasteiger charge is 2.21. The number of nitrogens with one attached hydrogen (secondary N) is 1.